The second-order valence-corrected chi connectivity index (χ2v) is 11.5. The highest BCUT2D eigenvalue weighted by molar-refractivity contribution is 7.92. The van der Waals surface area contributed by atoms with Crippen molar-refractivity contribution in [2.75, 3.05) is 10.0 Å². The van der Waals surface area contributed by atoms with Gasteiger partial charge in [-0.2, -0.15) is 10.2 Å². The van der Waals surface area contributed by atoms with Crippen LogP contribution < -0.4 is 10.0 Å². The summed E-state index contributed by atoms with van der Waals surface area (Å²) in [5, 5.41) is 39.1. The van der Waals surface area contributed by atoms with Gasteiger partial charge in [0.25, 0.3) is 10.0 Å². The second kappa shape index (κ2) is 14.8. The van der Waals surface area contributed by atoms with Crippen molar-refractivity contribution < 1.29 is 33.3 Å². The molecule has 14 heteroatoms. The van der Waals surface area contributed by atoms with E-state index in [0.29, 0.717) is 16.4 Å². The molecular formula is C32H26ClN5O7S. The number of sulfonamides is 1. The Hall–Kier alpha value is -5.79. The highest BCUT2D eigenvalue weighted by Gasteiger charge is 2.15. The summed E-state index contributed by atoms with van der Waals surface area (Å²) in [6.07, 6.45) is 1.47. The van der Waals surface area contributed by atoms with Crippen LogP contribution in [-0.2, 0) is 10.0 Å². The summed E-state index contributed by atoms with van der Waals surface area (Å²) in [6, 6.07) is 26.5. The summed E-state index contributed by atoms with van der Waals surface area (Å²) in [6.45, 7) is 1.88. The fourth-order valence-electron chi connectivity index (χ4n) is 3.85. The number of para-hydroxylation sites is 1. The molecule has 0 aliphatic rings. The molecule has 0 aliphatic carbocycles. The van der Waals surface area contributed by atoms with Crippen LogP contribution in [0.4, 0.5) is 28.6 Å². The van der Waals surface area contributed by atoms with Crippen molar-refractivity contribution >= 4 is 62.1 Å². The van der Waals surface area contributed by atoms with Gasteiger partial charge in [-0.05, 0) is 91.3 Å². The molecule has 4 aromatic carbocycles. The molecule has 0 saturated heterocycles. The lowest BCUT2D eigenvalue weighted by atomic mass is 10.1. The van der Waals surface area contributed by atoms with E-state index < -0.39 is 22.0 Å². The summed E-state index contributed by atoms with van der Waals surface area (Å²) >= 11 is 6.03. The molecular weight excluding hydrogens is 634 g/mol. The van der Waals surface area contributed by atoms with Gasteiger partial charge < -0.3 is 20.6 Å². The lowest BCUT2D eigenvalue weighted by Crippen LogP contribution is -2.13. The second-order valence-electron chi connectivity index (χ2n) is 9.41. The van der Waals surface area contributed by atoms with Crippen molar-refractivity contribution in [3.63, 3.8) is 0 Å². The molecule has 0 radical (unpaired) electrons. The summed E-state index contributed by atoms with van der Waals surface area (Å²) < 4.78 is 27.0. The first-order valence-corrected chi connectivity index (χ1v) is 15.2. The average molecular weight is 660 g/mol. The molecule has 0 atom stereocenters. The molecule has 0 amide bonds. The van der Waals surface area contributed by atoms with Gasteiger partial charge in [-0.25, -0.2) is 23.0 Å². The number of hydrogen-bond acceptors (Lipinski definition) is 9. The molecule has 234 valence electrons. The van der Waals surface area contributed by atoms with Crippen LogP contribution in [0.25, 0.3) is 0 Å². The van der Waals surface area contributed by atoms with E-state index in [1.54, 1.807) is 42.5 Å². The number of aromatic carboxylic acids is 2. The Balaban J connectivity index is 0.000000230. The van der Waals surface area contributed by atoms with E-state index in [9.17, 15) is 23.1 Å². The van der Waals surface area contributed by atoms with Gasteiger partial charge in [0, 0.05) is 16.9 Å². The minimum absolute atomic E-state index is 0.0231. The van der Waals surface area contributed by atoms with Crippen molar-refractivity contribution in [1.29, 1.82) is 0 Å². The van der Waals surface area contributed by atoms with Gasteiger partial charge in [0.05, 0.1) is 27.5 Å². The number of carbonyl (C=O) groups is 2. The van der Waals surface area contributed by atoms with E-state index in [1.807, 2.05) is 19.1 Å². The number of rotatable bonds is 9. The molecule has 0 unspecified atom stereocenters. The topological polar surface area (TPSA) is 191 Å². The smallest absolute Gasteiger partial charge is 0.339 e. The maximum atomic E-state index is 12.3. The fourth-order valence-corrected chi connectivity index (χ4v) is 5.03. The van der Waals surface area contributed by atoms with Gasteiger partial charge in [-0.3, -0.25) is 4.72 Å². The molecule has 5 rings (SSSR count). The third-order valence-electron chi connectivity index (χ3n) is 6.24. The number of anilines is 3. The standard InChI is InChI=1S/C18H14N4O5S.C14H12ClNO2/c23-16-9-6-13(11-15(16)18(24)25)21-20-12-4-7-14(8-5-12)28(26,27)22-17-3-1-2-10-19-17;1-9-11(15)6-4-8-12(9)16-13-7-3-2-5-10(13)14(17)18/h1-11,23H,(H,19,22)(H,24,25);2-8,16H,1H3,(H,17,18)/b21-20+;. The predicted octanol–water partition coefficient (Wildman–Crippen LogP) is 7.79. The number of phenols is 1. The number of nitrogens with one attached hydrogen (secondary N) is 2. The molecule has 0 spiro atoms. The quantitative estimate of drug-likeness (QED) is 0.0982. The molecule has 0 bridgehead atoms. The number of carboxylic acid groups (broad SMARTS) is 2. The van der Waals surface area contributed by atoms with Crippen molar-refractivity contribution in [3.05, 3.63) is 131 Å². The highest BCUT2D eigenvalue weighted by atomic mass is 35.5. The van der Waals surface area contributed by atoms with Crippen molar-refractivity contribution in [2.45, 2.75) is 11.8 Å². The number of benzene rings is 4. The maximum absolute atomic E-state index is 12.3. The Bertz CT molecular complexity index is 2010. The molecule has 1 heterocycles. The monoisotopic (exact) mass is 659 g/mol. The van der Waals surface area contributed by atoms with E-state index in [1.165, 1.54) is 54.7 Å². The zero-order valence-corrected chi connectivity index (χ0v) is 25.6. The first-order valence-electron chi connectivity index (χ1n) is 13.3. The molecule has 0 fully saturated rings. The first kappa shape index (κ1) is 33.1. The highest BCUT2D eigenvalue weighted by Crippen LogP contribution is 2.28. The van der Waals surface area contributed by atoms with E-state index >= 15 is 0 Å². The Morgan fingerprint density at radius 1 is 0.761 bits per heavy atom. The number of azo groups is 1. The Morgan fingerprint density at radius 2 is 1.39 bits per heavy atom. The summed E-state index contributed by atoms with van der Waals surface area (Å²) in [5.74, 6) is -2.42. The number of carboxylic acids is 2. The molecule has 46 heavy (non-hydrogen) atoms. The number of pyridine rings is 1. The van der Waals surface area contributed by atoms with Crippen LogP contribution in [0.3, 0.4) is 0 Å². The zero-order chi connectivity index (χ0) is 33.3. The van der Waals surface area contributed by atoms with Gasteiger partial charge in [-0.1, -0.05) is 35.9 Å². The zero-order valence-electron chi connectivity index (χ0n) is 24.0. The molecule has 5 aromatic rings. The van der Waals surface area contributed by atoms with E-state index in [0.717, 1.165) is 11.3 Å². The van der Waals surface area contributed by atoms with Crippen LogP contribution >= 0.6 is 11.6 Å². The number of aromatic hydroxyl groups is 1. The van der Waals surface area contributed by atoms with Gasteiger partial charge >= 0.3 is 11.9 Å². The SMILES string of the molecule is Cc1c(Cl)cccc1Nc1ccccc1C(=O)O.O=C(O)c1cc(/N=N/c2ccc(S(=O)(=O)Nc3ccccn3)cc2)ccc1O. The van der Waals surface area contributed by atoms with Gasteiger partial charge in [0.1, 0.15) is 17.1 Å². The van der Waals surface area contributed by atoms with Crippen LogP contribution in [-0.4, -0.2) is 40.7 Å². The Kier molecular flexibility index (Phi) is 10.6. The van der Waals surface area contributed by atoms with Crippen LogP contribution in [0.2, 0.25) is 5.02 Å². The lowest BCUT2D eigenvalue weighted by molar-refractivity contribution is 0.0684. The number of hydrogen-bond donors (Lipinski definition) is 5. The largest absolute Gasteiger partial charge is 0.507 e. The van der Waals surface area contributed by atoms with Gasteiger partial charge in [0.2, 0.25) is 0 Å². The number of aromatic nitrogens is 1. The lowest BCUT2D eigenvalue weighted by Gasteiger charge is -2.12. The maximum Gasteiger partial charge on any atom is 0.339 e. The van der Waals surface area contributed by atoms with Crippen LogP contribution in [0, 0.1) is 6.92 Å². The third kappa shape index (κ3) is 8.65. The van der Waals surface area contributed by atoms with Crippen molar-refractivity contribution in [2.24, 2.45) is 10.2 Å². The average Bonchev–Trinajstić information content (AvgIpc) is 3.04. The summed E-state index contributed by atoms with van der Waals surface area (Å²) in [5.41, 5.74) is 2.77. The number of nitrogens with zero attached hydrogens (tertiary/aromatic N) is 3. The van der Waals surface area contributed by atoms with E-state index in [4.69, 9.17) is 21.8 Å². The fraction of sp³-hybridized carbons (Fsp3) is 0.0312. The Morgan fingerprint density at radius 3 is 2.07 bits per heavy atom. The van der Waals surface area contributed by atoms with Crippen molar-refractivity contribution in [1.82, 2.24) is 4.98 Å². The molecule has 1 aromatic heterocycles. The van der Waals surface area contributed by atoms with Gasteiger partial charge in [-0.15, -0.1) is 0 Å². The van der Waals surface area contributed by atoms with E-state index in [2.05, 4.69) is 25.3 Å². The Labute approximate surface area is 268 Å². The van der Waals surface area contributed by atoms with Crippen LogP contribution in [0.5, 0.6) is 5.75 Å². The molecule has 0 aliphatic heterocycles. The van der Waals surface area contributed by atoms with Crippen LogP contribution in [0.15, 0.2) is 124 Å². The summed E-state index contributed by atoms with van der Waals surface area (Å²) in [7, 11) is -3.79. The molecule has 5 N–H and O–H groups in total. The number of halogens is 1. The van der Waals surface area contributed by atoms with Crippen molar-refractivity contribution in [3.8, 4) is 5.75 Å². The van der Waals surface area contributed by atoms with E-state index in [-0.39, 0.29) is 33.3 Å². The van der Waals surface area contributed by atoms with Crippen LogP contribution in [0.1, 0.15) is 26.3 Å². The molecule has 12 nitrogen and oxygen atoms in total. The minimum Gasteiger partial charge on any atom is -0.507 e. The normalized spacial score (nSPS) is 10.9. The minimum atomic E-state index is -3.79. The third-order valence-corrected chi connectivity index (χ3v) is 8.02. The first-order chi connectivity index (χ1) is 21.9. The predicted molar refractivity (Wildman–Crippen MR) is 174 cm³/mol. The van der Waals surface area contributed by atoms with Gasteiger partial charge in [0.15, 0.2) is 0 Å². The molecule has 0 saturated carbocycles. The summed E-state index contributed by atoms with van der Waals surface area (Å²) in [4.78, 5) is 26.0.